The van der Waals surface area contributed by atoms with Gasteiger partial charge in [0, 0.05) is 17.1 Å². The van der Waals surface area contributed by atoms with E-state index in [1.165, 1.54) is 33.3 Å². The van der Waals surface area contributed by atoms with Crippen LogP contribution in [0.2, 0.25) is 0 Å². The maximum atomic E-state index is 2.33. The fraction of sp³-hybridized carbons (Fsp3) is 0.111. The van der Waals surface area contributed by atoms with E-state index < -0.39 is 0 Å². The first kappa shape index (κ1) is 18.1. The summed E-state index contributed by atoms with van der Waals surface area (Å²) in [5.41, 5.74) is 6.05. The molecule has 1 nitrogen and oxygen atoms in total. The lowest BCUT2D eigenvalue weighted by molar-refractivity contribution is 1.23. The molecule has 0 aliphatic rings. The van der Waals surface area contributed by atoms with Crippen LogP contribution in [0.4, 0.5) is 17.1 Å². The molecule has 0 fully saturated rings. The van der Waals surface area contributed by atoms with Gasteiger partial charge < -0.3 is 4.90 Å². The van der Waals surface area contributed by atoms with Crippen LogP contribution in [-0.2, 0) is 0 Å². The zero-order valence-corrected chi connectivity index (χ0v) is 16.5. The minimum absolute atomic E-state index is 1.04. The predicted octanol–water partition coefficient (Wildman–Crippen LogP) is 8.04. The molecule has 0 atom stereocenters. The Kier molecular flexibility index (Phi) is 5.25. The van der Waals surface area contributed by atoms with E-state index in [9.17, 15) is 0 Å². The number of anilines is 3. The molecule has 0 unspecified atom stereocenters. The molecule has 4 rings (SSSR count). The van der Waals surface area contributed by atoms with Crippen LogP contribution >= 0.6 is 0 Å². The molecular weight excluding hydrogens is 338 g/mol. The molecule has 0 aromatic heterocycles. The van der Waals surface area contributed by atoms with Crippen molar-refractivity contribution in [2.24, 2.45) is 0 Å². The first-order chi connectivity index (χ1) is 13.8. The number of aryl methyl sites for hydroxylation is 1. The SMILES string of the molecule is CC/C=C\c1cc(N(c2ccccc2)c2ccc3ccccc3c2)ccc1C. The maximum Gasteiger partial charge on any atom is 0.0468 e. The number of benzene rings is 4. The molecule has 0 aliphatic carbocycles. The highest BCUT2D eigenvalue weighted by Gasteiger charge is 2.13. The van der Waals surface area contributed by atoms with Crippen molar-refractivity contribution in [3.8, 4) is 0 Å². The summed E-state index contributed by atoms with van der Waals surface area (Å²) in [6.07, 6.45) is 5.48. The Labute approximate surface area is 167 Å². The molecule has 0 radical (unpaired) electrons. The van der Waals surface area contributed by atoms with E-state index in [2.05, 4.69) is 122 Å². The van der Waals surface area contributed by atoms with Crippen molar-refractivity contribution in [2.45, 2.75) is 20.3 Å². The Morgan fingerprint density at radius 2 is 1.36 bits per heavy atom. The molecular formula is C27H25N. The second-order valence-corrected chi connectivity index (χ2v) is 7.05. The number of fused-ring (bicyclic) bond motifs is 1. The average Bonchev–Trinajstić information content (AvgIpc) is 2.75. The molecule has 0 bridgehead atoms. The summed E-state index contributed by atoms with van der Waals surface area (Å²) in [7, 11) is 0. The van der Waals surface area contributed by atoms with Gasteiger partial charge in [-0.25, -0.2) is 0 Å². The Bertz CT molecular complexity index is 1110. The number of hydrogen-bond acceptors (Lipinski definition) is 1. The van der Waals surface area contributed by atoms with Crippen LogP contribution in [0, 0.1) is 6.92 Å². The van der Waals surface area contributed by atoms with Crippen LogP contribution in [-0.4, -0.2) is 0 Å². The van der Waals surface area contributed by atoms with Gasteiger partial charge in [0.25, 0.3) is 0 Å². The van der Waals surface area contributed by atoms with Crippen molar-refractivity contribution >= 4 is 33.9 Å². The fourth-order valence-corrected chi connectivity index (χ4v) is 3.53. The summed E-state index contributed by atoms with van der Waals surface area (Å²) in [6.45, 7) is 4.34. The van der Waals surface area contributed by atoms with Crippen LogP contribution in [0.25, 0.3) is 16.8 Å². The van der Waals surface area contributed by atoms with Crippen LogP contribution in [0.3, 0.4) is 0 Å². The highest BCUT2D eigenvalue weighted by Crippen LogP contribution is 2.36. The highest BCUT2D eigenvalue weighted by atomic mass is 15.1. The summed E-state index contributed by atoms with van der Waals surface area (Å²) in [6, 6.07) is 32.5. The zero-order chi connectivity index (χ0) is 19.3. The number of allylic oxidation sites excluding steroid dienone is 1. The Morgan fingerprint density at radius 3 is 2.14 bits per heavy atom. The van der Waals surface area contributed by atoms with Gasteiger partial charge in [0.15, 0.2) is 0 Å². The summed E-state index contributed by atoms with van der Waals surface area (Å²) < 4.78 is 0. The lowest BCUT2D eigenvalue weighted by Gasteiger charge is -2.26. The molecule has 138 valence electrons. The molecule has 0 spiro atoms. The third-order valence-corrected chi connectivity index (χ3v) is 5.06. The summed E-state index contributed by atoms with van der Waals surface area (Å²) >= 11 is 0. The monoisotopic (exact) mass is 363 g/mol. The number of hydrogen-bond donors (Lipinski definition) is 0. The highest BCUT2D eigenvalue weighted by molar-refractivity contribution is 5.89. The Hall–Kier alpha value is -3.32. The molecule has 1 heteroatoms. The Balaban J connectivity index is 1.88. The largest absolute Gasteiger partial charge is 0.310 e. The summed E-state index contributed by atoms with van der Waals surface area (Å²) in [5, 5.41) is 2.51. The first-order valence-corrected chi connectivity index (χ1v) is 9.87. The van der Waals surface area contributed by atoms with Gasteiger partial charge in [-0.3, -0.25) is 0 Å². The zero-order valence-electron chi connectivity index (χ0n) is 16.5. The topological polar surface area (TPSA) is 3.24 Å². The van der Waals surface area contributed by atoms with Crippen molar-refractivity contribution in [1.29, 1.82) is 0 Å². The van der Waals surface area contributed by atoms with E-state index in [1.807, 2.05) is 0 Å². The molecule has 4 aromatic rings. The van der Waals surface area contributed by atoms with Gasteiger partial charge >= 0.3 is 0 Å². The van der Waals surface area contributed by atoms with Gasteiger partial charge in [0.1, 0.15) is 0 Å². The summed E-state index contributed by atoms with van der Waals surface area (Å²) in [4.78, 5) is 2.33. The first-order valence-electron chi connectivity index (χ1n) is 9.87. The smallest absolute Gasteiger partial charge is 0.0468 e. The number of nitrogens with zero attached hydrogens (tertiary/aromatic N) is 1. The quantitative estimate of drug-likeness (QED) is 0.347. The van der Waals surface area contributed by atoms with Gasteiger partial charge in [-0.1, -0.05) is 73.7 Å². The van der Waals surface area contributed by atoms with Crippen LogP contribution in [0.1, 0.15) is 24.5 Å². The van der Waals surface area contributed by atoms with E-state index in [0.29, 0.717) is 0 Å². The van der Waals surface area contributed by atoms with Crippen LogP contribution < -0.4 is 4.90 Å². The summed E-state index contributed by atoms with van der Waals surface area (Å²) in [5.74, 6) is 0. The van der Waals surface area contributed by atoms with Crippen molar-refractivity contribution in [2.75, 3.05) is 4.90 Å². The van der Waals surface area contributed by atoms with E-state index in [-0.39, 0.29) is 0 Å². The molecule has 0 N–H and O–H groups in total. The normalized spacial score (nSPS) is 11.2. The third-order valence-electron chi connectivity index (χ3n) is 5.06. The second kappa shape index (κ2) is 8.14. The maximum absolute atomic E-state index is 2.33. The van der Waals surface area contributed by atoms with Crippen molar-refractivity contribution < 1.29 is 0 Å². The Morgan fingerprint density at radius 1 is 0.679 bits per heavy atom. The van der Waals surface area contributed by atoms with Crippen molar-refractivity contribution in [3.63, 3.8) is 0 Å². The molecule has 4 aromatic carbocycles. The lowest BCUT2D eigenvalue weighted by atomic mass is 10.0. The minimum Gasteiger partial charge on any atom is -0.310 e. The van der Waals surface area contributed by atoms with E-state index >= 15 is 0 Å². The number of rotatable bonds is 5. The van der Waals surface area contributed by atoms with Crippen LogP contribution in [0.5, 0.6) is 0 Å². The molecule has 28 heavy (non-hydrogen) atoms. The fourth-order valence-electron chi connectivity index (χ4n) is 3.53. The minimum atomic E-state index is 1.04. The molecule has 0 heterocycles. The van der Waals surface area contributed by atoms with E-state index in [0.717, 1.165) is 12.1 Å². The van der Waals surface area contributed by atoms with Crippen LogP contribution in [0.15, 0.2) is 97.1 Å². The second-order valence-electron chi connectivity index (χ2n) is 7.05. The van der Waals surface area contributed by atoms with Crippen molar-refractivity contribution in [3.05, 3.63) is 108 Å². The van der Waals surface area contributed by atoms with E-state index in [1.54, 1.807) is 0 Å². The standard InChI is InChI=1S/C27H25N/c1-3-4-10-23-19-26(17-15-21(23)2)28(25-13-6-5-7-14-25)27-18-16-22-11-8-9-12-24(22)20-27/h4-20H,3H2,1-2H3/b10-4-. The predicted molar refractivity (Wildman–Crippen MR) is 123 cm³/mol. The van der Waals surface area contributed by atoms with Gasteiger partial charge in [-0.2, -0.15) is 0 Å². The van der Waals surface area contributed by atoms with Gasteiger partial charge in [-0.05, 0) is 71.6 Å². The molecule has 0 amide bonds. The third kappa shape index (κ3) is 3.70. The van der Waals surface area contributed by atoms with Gasteiger partial charge in [-0.15, -0.1) is 0 Å². The average molecular weight is 364 g/mol. The molecule has 0 aliphatic heterocycles. The molecule has 0 saturated heterocycles. The number of para-hydroxylation sites is 1. The molecule has 0 saturated carbocycles. The van der Waals surface area contributed by atoms with Crippen molar-refractivity contribution in [1.82, 2.24) is 0 Å². The van der Waals surface area contributed by atoms with Gasteiger partial charge in [0.05, 0.1) is 0 Å². The van der Waals surface area contributed by atoms with E-state index in [4.69, 9.17) is 0 Å². The lowest BCUT2D eigenvalue weighted by Crippen LogP contribution is -2.10. The van der Waals surface area contributed by atoms with Gasteiger partial charge in [0.2, 0.25) is 0 Å².